The molecule has 1 aromatic rings. The lowest BCUT2D eigenvalue weighted by atomic mass is 9.96. The lowest BCUT2D eigenvalue weighted by molar-refractivity contribution is -0.123. The molecule has 2 aliphatic heterocycles. The number of halogens is 1. The average molecular weight is 429 g/mol. The number of carbonyl (C=O) groups excluding carboxylic acids is 2. The number of rotatable bonds is 4. The molecule has 2 amide bonds. The van der Waals surface area contributed by atoms with Crippen LogP contribution in [0.2, 0.25) is 5.02 Å². The van der Waals surface area contributed by atoms with Crippen LogP contribution in [0.25, 0.3) is 0 Å². The van der Waals surface area contributed by atoms with Gasteiger partial charge in [0.05, 0.1) is 5.02 Å². The van der Waals surface area contributed by atoms with Crippen LogP contribution in [0.5, 0.6) is 0 Å². The summed E-state index contributed by atoms with van der Waals surface area (Å²) >= 11 is 6.18. The highest BCUT2D eigenvalue weighted by atomic mass is 35.5. The van der Waals surface area contributed by atoms with Crippen molar-refractivity contribution in [3.05, 3.63) is 28.8 Å². The first-order valence-electron chi connectivity index (χ1n) is 9.27. The van der Waals surface area contributed by atoms with Gasteiger partial charge < -0.3 is 15.5 Å². The minimum atomic E-state index is -3.78. The predicted octanol–water partition coefficient (Wildman–Crippen LogP) is 0.614. The van der Waals surface area contributed by atoms with E-state index in [-0.39, 0.29) is 33.2 Å². The van der Waals surface area contributed by atoms with Crippen LogP contribution >= 0.6 is 11.6 Å². The molecular formula is C18H25ClN4O4S. The van der Waals surface area contributed by atoms with Crippen molar-refractivity contribution in [1.82, 2.24) is 14.1 Å². The molecule has 2 saturated heterocycles. The summed E-state index contributed by atoms with van der Waals surface area (Å²) in [7, 11) is -1.84. The molecule has 10 heteroatoms. The summed E-state index contributed by atoms with van der Waals surface area (Å²) in [5.74, 6) is -0.837. The molecule has 0 unspecified atom stereocenters. The van der Waals surface area contributed by atoms with E-state index in [1.807, 2.05) is 7.05 Å². The molecule has 2 fully saturated rings. The topological polar surface area (TPSA) is 104 Å². The van der Waals surface area contributed by atoms with E-state index in [0.717, 1.165) is 0 Å². The molecule has 0 atom stereocenters. The average Bonchev–Trinajstić information content (AvgIpc) is 2.68. The first-order valence-corrected chi connectivity index (χ1v) is 11.1. The van der Waals surface area contributed by atoms with Gasteiger partial charge in [0.15, 0.2) is 0 Å². The van der Waals surface area contributed by atoms with Gasteiger partial charge in [-0.1, -0.05) is 11.6 Å². The number of amides is 2. The van der Waals surface area contributed by atoms with E-state index in [9.17, 15) is 18.0 Å². The number of nitrogens with two attached hydrogens (primary N) is 1. The highest BCUT2D eigenvalue weighted by molar-refractivity contribution is 7.89. The van der Waals surface area contributed by atoms with Gasteiger partial charge in [-0.05, 0) is 38.1 Å². The second kappa shape index (κ2) is 8.36. The van der Waals surface area contributed by atoms with E-state index in [1.165, 1.54) is 22.5 Å². The Labute approximate surface area is 170 Å². The normalized spacial score (nSPS) is 20.3. The fourth-order valence-electron chi connectivity index (χ4n) is 3.55. The molecule has 2 aliphatic rings. The number of hydrogen-bond donors (Lipinski definition) is 1. The van der Waals surface area contributed by atoms with Gasteiger partial charge in [-0.3, -0.25) is 9.59 Å². The van der Waals surface area contributed by atoms with Gasteiger partial charge >= 0.3 is 0 Å². The quantitative estimate of drug-likeness (QED) is 0.756. The monoisotopic (exact) mass is 428 g/mol. The minimum Gasteiger partial charge on any atom is -0.369 e. The second-order valence-electron chi connectivity index (χ2n) is 7.32. The molecule has 2 heterocycles. The van der Waals surface area contributed by atoms with E-state index in [2.05, 4.69) is 4.90 Å². The molecule has 2 N–H and O–H groups in total. The third-order valence-electron chi connectivity index (χ3n) is 5.44. The Bertz CT molecular complexity index is 860. The van der Waals surface area contributed by atoms with Gasteiger partial charge in [-0.2, -0.15) is 4.31 Å². The highest BCUT2D eigenvalue weighted by Crippen LogP contribution is 2.28. The number of hydrogen-bond acceptors (Lipinski definition) is 5. The van der Waals surface area contributed by atoms with Gasteiger partial charge in [0, 0.05) is 50.7 Å². The zero-order valence-electron chi connectivity index (χ0n) is 15.8. The van der Waals surface area contributed by atoms with Gasteiger partial charge in [-0.25, -0.2) is 8.42 Å². The van der Waals surface area contributed by atoms with Gasteiger partial charge in [0.25, 0.3) is 5.91 Å². The maximum absolute atomic E-state index is 13.0. The first-order chi connectivity index (χ1) is 13.2. The molecular weight excluding hydrogens is 404 g/mol. The Kier molecular flexibility index (Phi) is 6.28. The Hall–Kier alpha value is -1.68. The minimum absolute atomic E-state index is 0.0448. The largest absolute Gasteiger partial charge is 0.369 e. The van der Waals surface area contributed by atoms with Crippen LogP contribution in [0.15, 0.2) is 23.1 Å². The lowest BCUT2D eigenvalue weighted by Crippen LogP contribution is -2.47. The van der Waals surface area contributed by atoms with Crippen LogP contribution in [0.4, 0.5) is 0 Å². The Morgan fingerprint density at radius 2 is 1.68 bits per heavy atom. The standard InChI is InChI=1S/C18H25ClN4O4S/c1-21-8-10-23(11-9-21)28(26,27)16-12-14(2-3-15(16)19)18(25)22-6-4-13(5-7-22)17(20)24/h2-3,12-13H,4-11H2,1H3,(H2,20,24). The first kappa shape index (κ1) is 21.0. The molecule has 0 radical (unpaired) electrons. The van der Waals surface area contributed by atoms with Crippen LogP contribution in [0.3, 0.4) is 0 Å². The summed E-state index contributed by atoms with van der Waals surface area (Å²) in [6, 6.07) is 4.35. The van der Waals surface area contributed by atoms with Gasteiger partial charge in [0.2, 0.25) is 15.9 Å². The van der Waals surface area contributed by atoms with Crippen molar-refractivity contribution >= 4 is 33.4 Å². The number of benzene rings is 1. The summed E-state index contributed by atoms with van der Waals surface area (Å²) in [5, 5.41) is 0.0999. The molecule has 154 valence electrons. The molecule has 8 nitrogen and oxygen atoms in total. The number of piperidine rings is 1. The third-order valence-corrected chi connectivity index (χ3v) is 7.82. The van der Waals surface area contributed by atoms with E-state index in [4.69, 9.17) is 17.3 Å². The molecule has 0 spiro atoms. The molecule has 0 saturated carbocycles. The van der Waals surface area contributed by atoms with E-state index < -0.39 is 10.0 Å². The molecule has 0 bridgehead atoms. The number of likely N-dealkylation sites (N-methyl/N-ethyl adjacent to an activating group) is 1. The summed E-state index contributed by atoms with van der Waals surface area (Å²) < 4.78 is 27.5. The van der Waals surface area contributed by atoms with Crippen molar-refractivity contribution < 1.29 is 18.0 Å². The van der Waals surface area contributed by atoms with Crippen LogP contribution < -0.4 is 5.73 Å². The maximum Gasteiger partial charge on any atom is 0.253 e. The molecule has 1 aromatic carbocycles. The number of nitrogens with zero attached hydrogens (tertiary/aromatic N) is 3. The number of likely N-dealkylation sites (tertiary alicyclic amines) is 1. The number of sulfonamides is 1. The van der Waals surface area contributed by atoms with Crippen LogP contribution in [-0.4, -0.2) is 80.7 Å². The van der Waals surface area contributed by atoms with Gasteiger partial charge in [-0.15, -0.1) is 0 Å². The van der Waals surface area contributed by atoms with Crippen molar-refractivity contribution in [2.45, 2.75) is 17.7 Å². The van der Waals surface area contributed by atoms with Crippen LogP contribution in [0, 0.1) is 5.92 Å². The number of primary amides is 1. The Morgan fingerprint density at radius 3 is 2.25 bits per heavy atom. The van der Waals surface area contributed by atoms with Crippen molar-refractivity contribution in [2.75, 3.05) is 46.3 Å². The summed E-state index contributed by atoms with van der Waals surface area (Å²) in [6.45, 7) is 2.88. The summed E-state index contributed by atoms with van der Waals surface area (Å²) in [4.78, 5) is 27.8. The fourth-order valence-corrected chi connectivity index (χ4v) is 5.47. The van der Waals surface area contributed by atoms with Gasteiger partial charge in [0.1, 0.15) is 4.90 Å². The van der Waals surface area contributed by atoms with E-state index >= 15 is 0 Å². The molecule has 3 rings (SSSR count). The second-order valence-corrected chi connectivity index (χ2v) is 9.63. The SMILES string of the molecule is CN1CCN(S(=O)(=O)c2cc(C(=O)N3CCC(C(N)=O)CC3)ccc2Cl)CC1. The maximum atomic E-state index is 13.0. The Morgan fingerprint density at radius 1 is 1.07 bits per heavy atom. The lowest BCUT2D eigenvalue weighted by Gasteiger charge is -2.32. The van der Waals surface area contributed by atoms with Crippen LogP contribution in [-0.2, 0) is 14.8 Å². The zero-order valence-corrected chi connectivity index (χ0v) is 17.4. The Balaban J connectivity index is 1.80. The van der Waals surface area contributed by atoms with E-state index in [0.29, 0.717) is 52.1 Å². The fraction of sp³-hybridized carbons (Fsp3) is 0.556. The number of carbonyl (C=O) groups is 2. The van der Waals surface area contributed by atoms with E-state index in [1.54, 1.807) is 4.90 Å². The zero-order chi connectivity index (χ0) is 20.5. The molecule has 0 aromatic heterocycles. The summed E-state index contributed by atoms with van der Waals surface area (Å²) in [5.41, 5.74) is 5.61. The molecule has 28 heavy (non-hydrogen) atoms. The van der Waals surface area contributed by atoms with Crippen molar-refractivity contribution in [3.8, 4) is 0 Å². The summed E-state index contributed by atoms with van der Waals surface area (Å²) in [6.07, 6.45) is 1.03. The van der Waals surface area contributed by atoms with Crippen molar-refractivity contribution in [2.24, 2.45) is 11.7 Å². The highest BCUT2D eigenvalue weighted by Gasteiger charge is 2.31. The predicted molar refractivity (Wildman–Crippen MR) is 106 cm³/mol. The third kappa shape index (κ3) is 4.32. The van der Waals surface area contributed by atoms with Crippen LogP contribution in [0.1, 0.15) is 23.2 Å². The van der Waals surface area contributed by atoms with Crippen molar-refractivity contribution in [3.63, 3.8) is 0 Å². The van der Waals surface area contributed by atoms with Crippen molar-refractivity contribution in [1.29, 1.82) is 0 Å². The smallest absolute Gasteiger partial charge is 0.253 e. The molecule has 0 aliphatic carbocycles. The number of piperazine rings is 1.